The number of nitrogens with zero attached hydrogens (tertiary/aromatic N) is 8. The van der Waals surface area contributed by atoms with Crippen LogP contribution in [-0.2, 0) is 11.6 Å². The number of halogens is 1. The van der Waals surface area contributed by atoms with Crippen LogP contribution in [0.25, 0.3) is 22.2 Å². The summed E-state index contributed by atoms with van der Waals surface area (Å²) in [7, 11) is 0.792. The quantitative estimate of drug-likeness (QED) is 0.177. The number of piperazine rings is 1. The van der Waals surface area contributed by atoms with E-state index in [4.69, 9.17) is 21.3 Å². The number of hydrogen-bond donors (Lipinski definition) is 3. The van der Waals surface area contributed by atoms with Crippen molar-refractivity contribution in [2.24, 2.45) is 7.05 Å². The van der Waals surface area contributed by atoms with Crippen molar-refractivity contribution in [2.45, 2.75) is 18.9 Å². The minimum absolute atomic E-state index is 0.305. The van der Waals surface area contributed by atoms with E-state index in [1.165, 1.54) is 19.0 Å². The highest BCUT2D eigenvalue weighted by Crippen LogP contribution is 2.43. The highest BCUT2D eigenvalue weighted by atomic mass is 35.5. The molecule has 0 bridgehead atoms. The van der Waals surface area contributed by atoms with Gasteiger partial charge < -0.3 is 30.2 Å². The van der Waals surface area contributed by atoms with Gasteiger partial charge in [-0.3, -0.25) is 19.5 Å². The Kier molecular flexibility index (Phi) is 9.43. The van der Waals surface area contributed by atoms with Crippen molar-refractivity contribution in [3.63, 3.8) is 0 Å². The molecule has 2 aliphatic rings. The van der Waals surface area contributed by atoms with Crippen LogP contribution >= 0.6 is 18.7 Å². The van der Waals surface area contributed by atoms with Gasteiger partial charge in [-0.25, -0.2) is 4.98 Å². The molecule has 0 saturated carbocycles. The van der Waals surface area contributed by atoms with Crippen LogP contribution in [0.5, 0.6) is 5.75 Å². The summed E-state index contributed by atoms with van der Waals surface area (Å²) in [6.07, 6.45) is 11.1. The van der Waals surface area contributed by atoms with E-state index in [-0.39, 0.29) is 0 Å². The van der Waals surface area contributed by atoms with Gasteiger partial charge in [0.2, 0.25) is 5.95 Å². The summed E-state index contributed by atoms with van der Waals surface area (Å²) >= 11 is 6.61. The lowest BCUT2D eigenvalue weighted by Crippen LogP contribution is -2.52. The number of aryl methyl sites for hydroxylation is 1. The Morgan fingerprint density at radius 1 is 0.980 bits per heavy atom. The molecule has 15 heteroatoms. The predicted molar refractivity (Wildman–Crippen MR) is 197 cm³/mol. The Labute approximate surface area is 290 Å². The van der Waals surface area contributed by atoms with E-state index in [0.717, 1.165) is 56.1 Å². The summed E-state index contributed by atoms with van der Waals surface area (Å²) in [5, 5.41) is 15.5. The number of aromatic nitrogens is 6. The van der Waals surface area contributed by atoms with E-state index in [2.05, 4.69) is 57.9 Å². The fraction of sp³-hybridized carbons (Fsp3) is 0.382. The van der Waals surface area contributed by atoms with Crippen LogP contribution in [0.2, 0.25) is 5.02 Å². The van der Waals surface area contributed by atoms with Crippen LogP contribution in [0.1, 0.15) is 12.8 Å². The molecule has 2 fully saturated rings. The Morgan fingerprint density at radius 3 is 2.47 bits per heavy atom. The first-order chi connectivity index (χ1) is 23.7. The highest BCUT2D eigenvalue weighted by molar-refractivity contribution is 7.71. The Balaban J connectivity index is 1.20. The van der Waals surface area contributed by atoms with Gasteiger partial charge in [0.25, 0.3) is 0 Å². The molecular weight excluding hydrogens is 661 g/mol. The van der Waals surface area contributed by atoms with Crippen molar-refractivity contribution in [3.05, 3.63) is 60.3 Å². The summed E-state index contributed by atoms with van der Waals surface area (Å²) in [5.41, 5.74) is 5.64. The molecule has 0 radical (unpaired) electrons. The molecule has 2 aliphatic heterocycles. The van der Waals surface area contributed by atoms with Crippen LogP contribution < -0.4 is 30.9 Å². The topological polar surface area (TPSA) is 138 Å². The van der Waals surface area contributed by atoms with E-state index in [9.17, 15) is 4.57 Å². The molecular formula is C34H41ClN11O2P. The van der Waals surface area contributed by atoms with Gasteiger partial charge in [-0.1, -0.05) is 11.6 Å². The van der Waals surface area contributed by atoms with E-state index >= 15 is 0 Å². The largest absolute Gasteiger partial charge is 0.494 e. The molecule has 0 unspecified atom stereocenters. The molecule has 0 amide bonds. The van der Waals surface area contributed by atoms with E-state index < -0.39 is 7.14 Å². The molecule has 3 aromatic heterocycles. The van der Waals surface area contributed by atoms with Gasteiger partial charge in [-0.15, -0.1) is 0 Å². The fourth-order valence-corrected chi connectivity index (χ4v) is 8.35. The molecule has 2 aromatic carbocycles. The maximum absolute atomic E-state index is 13.5. The van der Waals surface area contributed by atoms with Crippen molar-refractivity contribution in [1.29, 1.82) is 0 Å². The molecule has 7 rings (SSSR count). The van der Waals surface area contributed by atoms with Crippen molar-refractivity contribution in [1.82, 2.24) is 39.9 Å². The minimum Gasteiger partial charge on any atom is -0.494 e. The van der Waals surface area contributed by atoms with Crippen LogP contribution in [0.15, 0.2) is 55.2 Å². The summed E-state index contributed by atoms with van der Waals surface area (Å²) < 4.78 is 21.2. The Morgan fingerprint density at radius 2 is 1.76 bits per heavy atom. The van der Waals surface area contributed by atoms with Gasteiger partial charge >= 0.3 is 0 Å². The third-order valence-corrected chi connectivity index (χ3v) is 11.0. The first-order valence-electron chi connectivity index (χ1n) is 16.4. The lowest BCUT2D eigenvalue weighted by Gasteiger charge is -2.42. The smallest absolute Gasteiger partial charge is 0.229 e. The third-order valence-electron chi connectivity index (χ3n) is 9.21. The zero-order valence-corrected chi connectivity index (χ0v) is 29.8. The number of ether oxygens (including phenoxy) is 1. The maximum Gasteiger partial charge on any atom is 0.229 e. The SMILES string of the molecule is COc1cc(N2CCN(C3CCNCC3)CC2)c(-c2cnn(C)c2)cc1Nc1ncc(Cl)c(Nc2ccc3nccnc3c2P(C)(C)=O)n1. The predicted octanol–water partition coefficient (Wildman–Crippen LogP) is 5.09. The van der Waals surface area contributed by atoms with Gasteiger partial charge in [0, 0.05) is 80.7 Å². The number of fused-ring (bicyclic) bond motifs is 1. The van der Waals surface area contributed by atoms with Crippen LogP contribution in [-0.4, -0.2) is 100 Å². The normalized spacial score (nSPS) is 16.2. The third kappa shape index (κ3) is 7.07. The van der Waals surface area contributed by atoms with E-state index in [1.54, 1.807) is 32.8 Å². The van der Waals surface area contributed by atoms with Crippen molar-refractivity contribution < 1.29 is 9.30 Å². The molecule has 0 atom stereocenters. The van der Waals surface area contributed by atoms with Crippen LogP contribution in [0, 0.1) is 0 Å². The van der Waals surface area contributed by atoms with Crippen molar-refractivity contribution in [3.8, 4) is 16.9 Å². The number of nitrogens with one attached hydrogen (secondary N) is 3. The molecule has 2 saturated heterocycles. The number of hydrogen-bond acceptors (Lipinski definition) is 12. The van der Waals surface area contributed by atoms with Crippen molar-refractivity contribution >= 4 is 63.9 Å². The minimum atomic E-state index is -2.79. The molecule has 5 heterocycles. The number of rotatable bonds is 9. The number of anilines is 5. The molecule has 0 aliphatic carbocycles. The van der Waals surface area contributed by atoms with Gasteiger partial charge in [0.05, 0.1) is 41.7 Å². The summed E-state index contributed by atoms with van der Waals surface area (Å²) in [6.45, 7) is 9.49. The highest BCUT2D eigenvalue weighted by Gasteiger charge is 2.28. The standard InChI is InChI=1S/C34H41ClN11O2P/c1-44-21-22(19-40-44)24-17-28(30(48-2)18-29(24)46-15-13-45(14-16-46)23-7-9-36-10-8-23)42-34-39-20-25(35)33(43-34)41-27-6-5-26-31(38-12-11-37-26)32(27)49(3,4)47/h5-6,11-12,17-21,23,36H,7-10,13-16H2,1-4H3,(H2,39,41,42,43). The second kappa shape index (κ2) is 13.9. The zero-order chi connectivity index (χ0) is 34.1. The van der Waals surface area contributed by atoms with Gasteiger partial charge in [-0.05, 0) is 57.5 Å². The first-order valence-corrected chi connectivity index (χ1v) is 19.4. The monoisotopic (exact) mass is 701 g/mol. The van der Waals surface area contributed by atoms with Crippen LogP contribution in [0.4, 0.5) is 28.8 Å². The summed E-state index contributed by atoms with van der Waals surface area (Å²) in [5.74, 6) is 1.32. The van der Waals surface area contributed by atoms with E-state index in [1.807, 2.05) is 36.3 Å². The average molecular weight is 702 g/mol. The number of benzene rings is 2. The second-order valence-electron chi connectivity index (χ2n) is 12.9. The second-order valence-corrected chi connectivity index (χ2v) is 16.4. The summed E-state index contributed by atoms with van der Waals surface area (Å²) in [6, 6.07) is 8.46. The Hall–Kier alpha value is -4.29. The molecule has 49 heavy (non-hydrogen) atoms. The average Bonchev–Trinajstić information content (AvgIpc) is 3.55. The van der Waals surface area contributed by atoms with Crippen molar-refractivity contribution in [2.75, 3.05) is 75.2 Å². The number of piperidine rings is 1. The number of methoxy groups -OCH3 is 1. The molecule has 5 aromatic rings. The zero-order valence-electron chi connectivity index (χ0n) is 28.1. The van der Waals surface area contributed by atoms with Gasteiger partial charge in [0.15, 0.2) is 5.82 Å². The lowest BCUT2D eigenvalue weighted by molar-refractivity contribution is 0.153. The molecule has 3 N–H and O–H groups in total. The Bertz CT molecular complexity index is 2020. The first kappa shape index (κ1) is 33.2. The van der Waals surface area contributed by atoms with Gasteiger partial charge in [-0.2, -0.15) is 10.1 Å². The molecule has 13 nitrogen and oxygen atoms in total. The lowest BCUT2D eigenvalue weighted by atomic mass is 10.0. The van der Waals surface area contributed by atoms with E-state index in [0.29, 0.717) is 56.3 Å². The van der Waals surface area contributed by atoms with Crippen LogP contribution in [0.3, 0.4) is 0 Å². The molecule has 0 spiro atoms. The van der Waals surface area contributed by atoms with Gasteiger partial charge in [0.1, 0.15) is 23.4 Å². The summed E-state index contributed by atoms with van der Waals surface area (Å²) in [4.78, 5) is 23.2. The maximum atomic E-state index is 13.5. The molecule has 256 valence electrons. The fourth-order valence-electron chi connectivity index (χ4n) is 6.82.